The molecule has 1 N–H and O–H groups in total. The van der Waals surface area contributed by atoms with E-state index in [0.29, 0.717) is 0 Å². The molecule has 0 aromatic heterocycles. The van der Waals surface area contributed by atoms with Gasteiger partial charge >= 0.3 is 0 Å². The Morgan fingerprint density at radius 3 is 1.20 bits per heavy atom. The standard InChI is InChI=1S/C2H7N.B.Na/c1-3-2;;/h3H,1-2H3;;. The van der Waals surface area contributed by atoms with Crippen molar-refractivity contribution in [2.45, 2.75) is 0 Å². The molecule has 0 aromatic rings. The largest absolute Gasteiger partial charge is 0.323 e. The summed E-state index contributed by atoms with van der Waals surface area (Å²) in [4.78, 5) is 0. The van der Waals surface area contributed by atoms with Crippen molar-refractivity contribution in [1.82, 2.24) is 5.32 Å². The summed E-state index contributed by atoms with van der Waals surface area (Å²) in [6.07, 6.45) is 0. The summed E-state index contributed by atoms with van der Waals surface area (Å²) >= 11 is 0. The third-order valence-corrected chi connectivity index (χ3v) is 0. The van der Waals surface area contributed by atoms with Crippen LogP contribution in [-0.2, 0) is 0 Å². The summed E-state index contributed by atoms with van der Waals surface area (Å²) in [6, 6.07) is 0. The van der Waals surface area contributed by atoms with E-state index in [1.807, 2.05) is 14.1 Å². The van der Waals surface area contributed by atoms with Gasteiger partial charge in [0.2, 0.25) is 0 Å². The van der Waals surface area contributed by atoms with Gasteiger partial charge in [0.25, 0.3) is 0 Å². The Bertz CT molecular complexity index is 9.61. The molecule has 0 aliphatic heterocycles. The predicted octanol–water partition coefficient (Wildman–Crippen LogP) is -0.926. The van der Waals surface area contributed by atoms with Crippen molar-refractivity contribution in [2.24, 2.45) is 0 Å². The van der Waals surface area contributed by atoms with Gasteiger partial charge in [-0.05, 0) is 14.1 Å². The SMILES string of the molecule is CNC.[B].[Na]. The molecule has 3 heteroatoms. The monoisotopic (exact) mass is 79.1 g/mol. The number of hydrogen-bond donors (Lipinski definition) is 1. The van der Waals surface area contributed by atoms with Crippen LogP contribution in [0, 0.1) is 0 Å². The summed E-state index contributed by atoms with van der Waals surface area (Å²) < 4.78 is 0. The van der Waals surface area contributed by atoms with Gasteiger partial charge in [-0.2, -0.15) is 0 Å². The third-order valence-electron chi connectivity index (χ3n) is 0. The minimum atomic E-state index is 0. The van der Waals surface area contributed by atoms with Gasteiger partial charge in [-0.15, -0.1) is 0 Å². The van der Waals surface area contributed by atoms with Crippen LogP contribution in [0.15, 0.2) is 0 Å². The van der Waals surface area contributed by atoms with Crippen LogP contribution in [0.5, 0.6) is 0 Å². The Kier molecular flexibility index (Phi) is 66.0. The molecule has 0 aromatic carbocycles. The minimum absolute atomic E-state index is 0. The molecule has 5 heavy (non-hydrogen) atoms. The molecule has 0 saturated heterocycles. The van der Waals surface area contributed by atoms with Crippen molar-refractivity contribution in [3.8, 4) is 0 Å². The first-order valence-corrected chi connectivity index (χ1v) is 1.00. The summed E-state index contributed by atoms with van der Waals surface area (Å²) in [5.74, 6) is 0. The summed E-state index contributed by atoms with van der Waals surface area (Å²) in [5.41, 5.74) is 0. The number of hydrogen-bond acceptors (Lipinski definition) is 1. The van der Waals surface area contributed by atoms with Crippen LogP contribution in [0.1, 0.15) is 0 Å². The van der Waals surface area contributed by atoms with Gasteiger partial charge in [-0.3, -0.25) is 0 Å². The molecule has 0 rings (SSSR count). The van der Waals surface area contributed by atoms with E-state index in [1.165, 1.54) is 0 Å². The predicted molar refractivity (Wildman–Crippen MR) is 26.5 cm³/mol. The van der Waals surface area contributed by atoms with E-state index in [2.05, 4.69) is 5.32 Å². The molecule has 0 atom stereocenters. The van der Waals surface area contributed by atoms with Gasteiger partial charge in [-0.25, -0.2) is 0 Å². The fourth-order valence-corrected chi connectivity index (χ4v) is 0. The van der Waals surface area contributed by atoms with Gasteiger partial charge < -0.3 is 5.32 Å². The molecule has 24 valence electrons. The van der Waals surface area contributed by atoms with Crippen LogP contribution in [-0.4, -0.2) is 52.1 Å². The molecule has 4 radical (unpaired) electrons. The molecule has 0 saturated carbocycles. The van der Waals surface area contributed by atoms with Gasteiger partial charge in [0.1, 0.15) is 0 Å². The normalized spacial score (nSPS) is 3.60. The van der Waals surface area contributed by atoms with Crippen molar-refractivity contribution in [2.75, 3.05) is 14.1 Å². The second kappa shape index (κ2) is 19.9. The van der Waals surface area contributed by atoms with E-state index in [4.69, 9.17) is 0 Å². The molecule has 0 aliphatic rings. The maximum Gasteiger partial charge on any atom is 0 e. The zero-order valence-corrected chi connectivity index (χ0v) is 6.08. The van der Waals surface area contributed by atoms with E-state index >= 15 is 0 Å². The fraction of sp³-hybridized carbons (Fsp3) is 1.00. The van der Waals surface area contributed by atoms with Crippen LogP contribution < -0.4 is 5.32 Å². The zero-order valence-electron chi connectivity index (χ0n) is 4.08. The molecule has 0 bridgehead atoms. The van der Waals surface area contributed by atoms with Crippen LogP contribution in [0.3, 0.4) is 0 Å². The molecule has 0 amide bonds. The van der Waals surface area contributed by atoms with Gasteiger partial charge in [0, 0.05) is 38.0 Å². The quantitative estimate of drug-likeness (QED) is 0.370. The average Bonchev–Trinajstić information content (AvgIpc) is 0.918. The van der Waals surface area contributed by atoms with Crippen molar-refractivity contribution >= 4 is 38.0 Å². The maximum absolute atomic E-state index is 2.75. The molecule has 0 fully saturated rings. The maximum atomic E-state index is 2.75. The summed E-state index contributed by atoms with van der Waals surface area (Å²) in [7, 11) is 3.75. The van der Waals surface area contributed by atoms with E-state index < -0.39 is 0 Å². The fourth-order valence-electron chi connectivity index (χ4n) is 0. The first kappa shape index (κ1) is 16.6. The minimum Gasteiger partial charge on any atom is -0.323 e. The first-order chi connectivity index (χ1) is 1.41. The Hall–Kier alpha value is 1.02. The van der Waals surface area contributed by atoms with Crippen LogP contribution in [0.2, 0.25) is 0 Å². The Balaban J connectivity index is -0.0000000200. The van der Waals surface area contributed by atoms with E-state index in [0.717, 1.165) is 0 Å². The Morgan fingerprint density at radius 1 is 1.20 bits per heavy atom. The van der Waals surface area contributed by atoms with Gasteiger partial charge in [-0.1, -0.05) is 0 Å². The van der Waals surface area contributed by atoms with Crippen LogP contribution in [0.4, 0.5) is 0 Å². The molecule has 0 unspecified atom stereocenters. The number of rotatable bonds is 0. The summed E-state index contributed by atoms with van der Waals surface area (Å²) in [6.45, 7) is 0. The molecule has 0 spiro atoms. The van der Waals surface area contributed by atoms with E-state index in [9.17, 15) is 0 Å². The molecular weight excluding hydrogens is 71.8 g/mol. The van der Waals surface area contributed by atoms with Crippen LogP contribution in [0.25, 0.3) is 0 Å². The van der Waals surface area contributed by atoms with Gasteiger partial charge in [0.05, 0.1) is 0 Å². The van der Waals surface area contributed by atoms with E-state index in [-0.39, 0.29) is 38.0 Å². The second-order valence-electron chi connectivity index (χ2n) is 0.500. The van der Waals surface area contributed by atoms with Crippen molar-refractivity contribution in [3.05, 3.63) is 0 Å². The Morgan fingerprint density at radius 2 is 1.20 bits per heavy atom. The topological polar surface area (TPSA) is 12.0 Å². The number of nitrogens with one attached hydrogen (secondary N) is 1. The molecule has 0 heterocycles. The smallest absolute Gasteiger partial charge is 0 e. The summed E-state index contributed by atoms with van der Waals surface area (Å²) in [5, 5.41) is 2.75. The molecule has 1 nitrogen and oxygen atoms in total. The molecule has 0 aliphatic carbocycles. The van der Waals surface area contributed by atoms with Crippen molar-refractivity contribution in [1.29, 1.82) is 0 Å². The Labute approximate surface area is 57.4 Å². The van der Waals surface area contributed by atoms with Crippen LogP contribution >= 0.6 is 0 Å². The third kappa shape index (κ3) is 43.8. The van der Waals surface area contributed by atoms with Crippen molar-refractivity contribution < 1.29 is 0 Å². The molecular formula is C2H7BNNa. The second-order valence-corrected chi connectivity index (χ2v) is 0.500. The van der Waals surface area contributed by atoms with Gasteiger partial charge in [0.15, 0.2) is 0 Å². The van der Waals surface area contributed by atoms with Crippen molar-refractivity contribution in [3.63, 3.8) is 0 Å². The average molecular weight is 78.9 g/mol. The zero-order chi connectivity index (χ0) is 2.71. The first-order valence-electron chi connectivity index (χ1n) is 1.00. The van der Waals surface area contributed by atoms with E-state index in [1.54, 1.807) is 0 Å².